The van der Waals surface area contributed by atoms with Crippen LogP contribution in [0.5, 0.6) is 0 Å². The number of ether oxygens (including phenoxy) is 1. The molecular formula is C34H49F6N3O6S2. The van der Waals surface area contributed by atoms with Gasteiger partial charge >= 0.3 is 17.1 Å². The van der Waals surface area contributed by atoms with Gasteiger partial charge in [0.25, 0.3) is 0 Å². The molecule has 1 N–H and O–H groups in total. The minimum Gasteiger partial charge on any atom is -0.450 e. The molecule has 0 spiro atoms. The molecule has 51 heavy (non-hydrogen) atoms. The van der Waals surface area contributed by atoms with Crippen LogP contribution in [0.15, 0.2) is 55.2 Å². The van der Waals surface area contributed by atoms with Gasteiger partial charge in [-0.1, -0.05) is 75.4 Å². The van der Waals surface area contributed by atoms with Crippen LogP contribution in [-0.2, 0) is 43.3 Å². The Labute approximate surface area is 298 Å². The lowest BCUT2D eigenvalue weighted by Gasteiger charge is -2.27. The lowest BCUT2D eigenvalue weighted by atomic mass is 9.92. The molecule has 0 saturated heterocycles. The molecule has 0 bridgehead atoms. The van der Waals surface area contributed by atoms with Crippen molar-refractivity contribution < 1.29 is 57.3 Å². The van der Waals surface area contributed by atoms with Gasteiger partial charge in [-0.3, -0.25) is 0 Å². The summed E-state index contributed by atoms with van der Waals surface area (Å²) in [6.45, 7) is 13.8. The molecule has 0 aliphatic rings. The standard InChI is InChI=1S/C32H48N2O2.C2F6NO4S2/c1-6-7-8-9-10-13-21-30-22-14-16-24-34(30)23-15-11-12-17-25-36-31(35)33-32(4,5)29-20-18-19-28(26-29)27(2)3;3-1(4,5)14(10,11)9-15(12,13)2(6,7)8/h14,16,18-20,22,24,26H,2,6-13,15,17,21,23,25H2,1,3-5H3;/q;-1/p+1. The third-order valence-corrected chi connectivity index (χ3v) is 10.4. The molecule has 0 aliphatic heterocycles. The van der Waals surface area contributed by atoms with Crippen LogP contribution in [0.2, 0.25) is 0 Å². The Morgan fingerprint density at radius 2 is 1.39 bits per heavy atom. The molecule has 1 amide bonds. The monoisotopic (exact) mass is 773 g/mol. The number of aromatic nitrogens is 1. The second kappa shape index (κ2) is 20.8. The number of alkyl carbamates (subject to hydrolysis) is 1. The number of aryl methyl sites for hydroxylation is 2. The number of nitrogens with zero attached hydrogens (tertiary/aromatic N) is 2. The van der Waals surface area contributed by atoms with Gasteiger partial charge in [-0.15, -0.1) is 0 Å². The fourth-order valence-corrected chi connectivity index (χ4v) is 6.41. The summed E-state index contributed by atoms with van der Waals surface area (Å²) in [6.07, 6.45) is 15.3. The van der Waals surface area contributed by atoms with E-state index in [0.29, 0.717) is 6.61 Å². The highest BCUT2D eigenvalue weighted by atomic mass is 32.3. The lowest BCUT2D eigenvalue weighted by Crippen LogP contribution is -2.41. The lowest BCUT2D eigenvalue weighted by molar-refractivity contribution is -0.704. The van der Waals surface area contributed by atoms with E-state index in [2.05, 4.69) is 53.8 Å². The van der Waals surface area contributed by atoms with Crippen LogP contribution >= 0.6 is 0 Å². The summed E-state index contributed by atoms with van der Waals surface area (Å²) in [7, 11) is -13.4. The van der Waals surface area contributed by atoms with E-state index in [4.69, 9.17) is 4.74 Å². The number of pyridine rings is 1. The number of halogens is 6. The predicted molar refractivity (Wildman–Crippen MR) is 184 cm³/mol. The first kappa shape index (κ1) is 45.8. The van der Waals surface area contributed by atoms with Crippen LogP contribution in [0.1, 0.15) is 109 Å². The minimum absolute atomic E-state index is 0.361. The van der Waals surface area contributed by atoms with Crippen molar-refractivity contribution in [3.8, 4) is 0 Å². The summed E-state index contributed by atoms with van der Waals surface area (Å²) in [4.78, 5) is 12.4. The number of allylic oxidation sites excluding steroid dienone is 1. The predicted octanol–water partition coefficient (Wildman–Crippen LogP) is 9.19. The van der Waals surface area contributed by atoms with Gasteiger partial charge in [-0.2, -0.15) is 26.3 Å². The number of hydrogen-bond donors (Lipinski definition) is 1. The van der Waals surface area contributed by atoms with Crippen molar-refractivity contribution in [1.29, 1.82) is 0 Å². The summed E-state index contributed by atoms with van der Waals surface area (Å²) in [6, 6.07) is 14.7. The van der Waals surface area contributed by atoms with E-state index < -0.39 is 36.6 Å². The fourth-order valence-electron chi connectivity index (χ4n) is 4.70. The molecular weight excluding hydrogens is 725 g/mol. The van der Waals surface area contributed by atoms with Gasteiger partial charge in [0, 0.05) is 25.0 Å². The highest BCUT2D eigenvalue weighted by Gasteiger charge is 2.47. The SMILES string of the molecule is C=C(C)c1cccc(C(C)(C)NC(=O)OCCCCCC[n+]2ccccc2CCCCCCCC)c1.O=S(=O)([N-]S(=O)(=O)C(F)(F)F)C(F)(F)F. The number of amides is 1. The van der Waals surface area contributed by atoms with Crippen molar-refractivity contribution >= 4 is 31.7 Å². The van der Waals surface area contributed by atoms with E-state index >= 15 is 0 Å². The molecule has 1 heterocycles. The number of rotatable bonds is 19. The van der Waals surface area contributed by atoms with Crippen LogP contribution < -0.4 is 9.88 Å². The number of benzene rings is 1. The molecule has 0 saturated carbocycles. The largest absolute Gasteiger partial charge is 0.480 e. The van der Waals surface area contributed by atoms with Crippen molar-refractivity contribution in [1.82, 2.24) is 5.32 Å². The first-order chi connectivity index (χ1) is 23.5. The summed E-state index contributed by atoms with van der Waals surface area (Å²) in [5.74, 6) is 0. The number of alkyl halides is 6. The zero-order valence-corrected chi connectivity index (χ0v) is 31.1. The fraction of sp³-hybridized carbons (Fsp3) is 0.588. The van der Waals surface area contributed by atoms with Crippen molar-refractivity contribution in [2.24, 2.45) is 0 Å². The number of nitrogens with one attached hydrogen (secondary N) is 1. The molecule has 1 aromatic heterocycles. The Morgan fingerprint density at radius 1 is 0.824 bits per heavy atom. The third kappa shape index (κ3) is 16.8. The summed E-state index contributed by atoms with van der Waals surface area (Å²) < 4.78 is 117. The van der Waals surface area contributed by atoms with Crippen LogP contribution in [-0.4, -0.2) is 40.6 Å². The molecule has 2 rings (SSSR count). The van der Waals surface area contributed by atoms with Crippen LogP contribution in [0.4, 0.5) is 31.1 Å². The van der Waals surface area contributed by atoms with E-state index in [1.54, 1.807) is 0 Å². The Hall–Kier alpha value is -3.18. The van der Waals surface area contributed by atoms with E-state index in [0.717, 1.165) is 53.1 Å². The number of sulfonamides is 2. The van der Waals surface area contributed by atoms with Crippen molar-refractivity contribution in [2.75, 3.05) is 6.61 Å². The number of carbonyl (C=O) groups excluding carboxylic acids is 1. The quantitative estimate of drug-likeness (QED) is 0.0863. The van der Waals surface area contributed by atoms with Crippen LogP contribution in [0.25, 0.3) is 9.70 Å². The van der Waals surface area contributed by atoms with Crippen molar-refractivity contribution in [2.45, 2.75) is 121 Å². The van der Waals surface area contributed by atoms with Gasteiger partial charge in [0.05, 0.1) is 12.1 Å². The van der Waals surface area contributed by atoms with Crippen LogP contribution in [0.3, 0.4) is 0 Å². The molecule has 0 unspecified atom stereocenters. The number of hydrogen-bond acceptors (Lipinski definition) is 6. The molecule has 9 nitrogen and oxygen atoms in total. The third-order valence-electron chi connectivity index (χ3n) is 7.62. The number of unbranched alkanes of at least 4 members (excludes halogenated alkanes) is 8. The Balaban J connectivity index is 0.000000728. The van der Waals surface area contributed by atoms with Crippen LogP contribution in [0, 0.1) is 0 Å². The zero-order chi connectivity index (χ0) is 38.9. The first-order valence-electron chi connectivity index (χ1n) is 16.6. The highest BCUT2D eigenvalue weighted by Crippen LogP contribution is 2.36. The van der Waals surface area contributed by atoms with Crippen molar-refractivity contribution in [3.05, 3.63) is 76.2 Å². The normalized spacial score (nSPS) is 12.5. The second-order valence-corrected chi connectivity index (χ2v) is 15.9. The summed E-state index contributed by atoms with van der Waals surface area (Å²) in [5.41, 5.74) is -8.34. The van der Waals surface area contributed by atoms with Gasteiger partial charge < -0.3 is 14.2 Å². The molecule has 0 aliphatic carbocycles. The average Bonchev–Trinajstić information content (AvgIpc) is 3.01. The Morgan fingerprint density at radius 3 is 1.98 bits per heavy atom. The maximum Gasteiger partial charge on any atom is 0.480 e. The van der Waals surface area contributed by atoms with Gasteiger partial charge in [0.15, 0.2) is 31.9 Å². The molecule has 1 aromatic carbocycles. The molecule has 17 heteroatoms. The zero-order valence-electron chi connectivity index (χ0n) is 29.4. The Bertz CT molecular complexity index is 1570. The first-order valence-corrected chi connectivity index (χ1v) is 19.5. The van der Waals surface area contributed by atoms with E-state index in [-0.39, 0.29) is 6.09 Å². The maximum absolute atomic E-state index is 12.4. The summed E-state index contributed by atoms with van der Waals surface area (Å²) >= 11 is 0. The molecule has 290 valence electrons. The van der Waals surface area contributed by atoms with Gasteiger partial charge in [0.2, 0.25) is 0 Å². The molecule has 0 fully saturated rings. The number of carbonyl (C=O) groups is 1. The second-order valence-electron chi connectivity index (χ2n) is 12.5. The van der Waals surface area contributed by atoms with Gasteiger partial charge in [-0.05, 0) is 63.6 Å². The molecule has 0 radical (unpaired) electrons. The van der Waals surface area contributed by atoms with E-state index in [1.165, 1.54) is 50.6 Å². The Kier molecular flexibility index (Phi) is 18.7. The summed E-state index contributed by atoms with van der Waals surface area (Å²) in [5, 5.41) is 3.01. The van der Waals surface area contributed by atoms with Gasteiger partial charge in [-0.25, -0.2) is 26.2 Å². The topological polar surface area (TPSA) is 125 Å². The molecule has 0 atom stereocenters. The average molecular weight is 774 g/mol. The van der Waals surface area contributed by atoms with E-state index in [1.807, 2.05) is 39.0 Å². The van der Waals surface area contributed by atoms with E-state index in [9.17, 15) is 48.0 Å². The minimum atomic E-state index is -6.72. The highest BCUT2D eigenvalue weighted by molar-refractivity contribution is 8.13. The van der Waals surface area contributed by atoms with Gasteiger partial charge in [0.1, 0.15) is 6.54 Å². The maximum atomic E-state index is 12.4. The smallest absolute Gasteiger partial charge is 0.450 e. The van der Waals surface area contributed by atoms with Crippen molar-refractivity contribution in [3.63, 3.8) is 0 Å². The molecule has 2 aromatic rings.